The van der Waals surface area contributed by atoms with E-state index < -0.39 is 0 Å². The molecule has 0 fully saturated rings. The predicted octanol–water partition coefficient (Wildman–Crippen LogP) is 6.60. The lowest BCUT2D eigenvalue weighted by molar-refractivity contribution is -0.145. The molecular weight excluding hydrogens is 340 g/mol. The molecule has 1 atom stereocenters. The molecule has 0 saturated carbocycles. The van der Waals surface area contributed by atoms with E-state index in [0.29, 0.717) is 32.0 Å². The Kier molecular flexibility index (Phi) is 18.9. The molecule has 0 saturated heterocycles. The van der Waals surface area contributed by atoms with Gasteiger partial charge in [0.2, 0.25) is 0 Å². The van der Waals surface area contributed by atoms with Crippen LogP contribution < -0.4 is 0 Å². The molecule has 0 amide bonds. The Labute approximate surface area is 167 Å². The van der Waals surface area contributed by atoms with E-state index in [1.165, 1.54) is 51.4 Å². The molecule has 4 heteroatoms. The van der Waals surface area contributed by atoms with Gasteiger partial charge in [0.1, 0.15) is 0 Å². The summed E-state index contributed by atoms with van der Waals surface area (Å²) in [4.78, 5) is 23.0. The van der Waals surface area contributed by atoms with Gasteiger partial charge in [0, 0.05) is 12.8 Å². The summed E-state index contributed by atoms with van der Waals surface area (Å²) in [5.41, 5.74) is 0. The van der Waals surface area contributed by atoms with Crippen molar-refractivity contribution in [3.8, 4) is 0 Å². The van der Waals surface area contributed by atoms with Crippen molar-refractivity contribution in [1.82, 2.24) is 0 Å². The molecule has 0 spiro atoms. The van der Waals surface area contributed by atoms with Crippen LogP contribution in [0.2, 0.25) is 0 Å². The third-order valence-corrected chi connectivity index (χ3v) is 5.09. The minimum Gasteiger partial charge on any atom is -0.466 e. The van der Waals surface area contributed by atoms with Crippen molar-refractivity contribution in [1.29, 1.82) is 0 Å². The fourth-order valence-electron chi connectivity index (χ4n) is 3.19. The van der Waals surface area contributed by atoms with Crippen molar-refractivity contribution in [3.05, 3.63) is 0 Å². The molecule has 1 unspecified atom stereocenters. The molecular formula is C23H44O4. The van der Waals surface area contributed by atoms with Crippen LogP contribution in [0.15, 0.2) is 0 Å². The van der Waals surface area contributed by atoms with Crippen LogP contribution in [0.25, 0.3) is 0 Å². The Hall–Kier alpha value is -1.06. The molecule has 160 valence electrons. The number of carbonyl (C=O) groups is 2. The smallest absolute Gasteiger partial charge is 0.305 e. The monoisotopic (exact) mass is 384 g/mol. The largest absolute Gasteiger partial charge is 0.466 e. The number of hydrogen-bond donors (Lipinski definition) is 0. The van der Waals surface area contributed by atoms with Crippen molar-refractivity contribution in [2.75, 3.05) is 13.2 Å². The molecule has 0 heterocycles. The first-order valence-corrected chi connectivity index (χ1v) is 11.4. The second-order valence-corrected chi connectivity index (χ2v) is 7.59. The quantitative estimate of drug-likeness (QED) is 0.186. The zero-order valence-corrected chi connectivity index (χ0v) is 18.2. The molecule has 0 N–H and O–H groups in total. The Morgan fingerprint density at radius 3 is 1.59 bits per heavy atom. The van der Waals surface area contributed by atoms with E-state index in [-0.39, 0.29) is 11.9 Å². The Morgan fingerprint density at radius 2 is 1.15 bits per heavy atom. The van der Waals surface area contributed by atoms with Gasteiger partial charge in [-0.2, -0.15) is 0 Å². The average molecular weight is 385 g/mol. The first-order chi connectivity index (χ1) is 13.1. The van der Waals surface area contributed by atoms with Crippen LogP contribution in [0.4, 0.5) is 0 Å². The summed E-state index contributed by atoms with van der Waals surface area (Å²) in [6.07, 6.45) is 16.1. The van der Waals surface area contributed by atoms with Gasteiger partial charge >= 0.3 is 11.9 Å². The summed E-state index contributed by atoms with van der Waals surface area (Å²) in [5.74, 6) is 0.444. The van der Waals surface area contributed by atoms with Crippen molar-refractivity contribution in [3.63, 3.8) is 0 Å². The van der Waals surface area contributed by atoms with Gasteiger partial charge in [-0.1, -0.05) is 78.1 Å². The fourth-order valence-corrected chi connectivity index (χ4v) is 3.19. The topological polar surface area (TPSA) is 52.6 Å². The van der Waals surface area contributed by atoms with Gasteiger partial charge in [0.05, 0.1) is 13.2 Å². The van der Waals surface area contributed by atoms with Crippen LogP contribution in [0.1, 0.15) is 117 Å². The summed E-state index contributed by atoms with van der Waals surface area (Å²) >= 11 is 0. The van der Waals surface area contributed by atoms with Gasteiger partial charge in [-0.3, -0.25) is 9.59 Å². The van der Waals surface area contributed by atoms with Gasteiger partial charge in [0.25, 0.3) is 0 Å². The van der Waals surface area contributed by atoms with Crippen LogP contribution in [0.5, 0.6) is 0 Å². The number of esters is 2. The molecule has 0 aliphatic carbocycles. The predicted molar refractivity (Wildman–Crippen MR) is 112 cm³/mol. The van der Waals surface area contributed by atoms with Gasteiger partial charge in [-0.25, -0.2) is 0 Å². The highest BCUT2D eigenvalue weighted by atomic mass is 16.5. The molecule has 0 rings (SSSR count). The average Bonchev–Trinajstić information content (AvgIpc) is 2.66. The SMILES string of the molecule is CCCCC(CC)COC(=O)CCCCCCCCCCCC(=O)OCC. The summed E-state index contributed by atoms with van der Waals surface area (Å²) in [6.45, 7) is 7.30. The maximum atomic E-state index is 11.8. The second kappa shape index (κ2) is 19.7. The van der Waals surface area contributed by atoms with Crippen LogP contribution in [0, 0.1) is 5.92 Å². The zero-order chi connectivity index (χ0) is 20.2. The Bertz CT molecular complexity index is 354. The molecule has 0 radical (unpaired) electrons. The van der Waals surface area contributed by atoms with E-state index in [0.717, 1.165) is 32.1 Å². The Morgan fingerprint density at radius 1 is 0.667 bits per heavy atom. The number of rotatable bonds is 19. The molecule has 27 heavy (non-hydrogen) atoms. The highest BCUT2D eigenvalue weighted by molar-refractivity contribution is 5.69. The zero-order valence-electron chi connectivity index (χ0n) is 18.2. The van der Waals surface area contributed by atoms with Crippen LogP contribution in [-0.2, 0) is 19.1 Å². The maximum Gasteiger partial charge on any atom is 0.305 e. The number of unbranched alkanes of at least 4 members (excludes halogenated alkanes) is 9. The normalized spacial score (nSPS) is 12.0. The highest BCUT2D eigenvalue weighted by Gasteiger charge is 2.09. The molecule has 0 aliphatic rings. The summed E-state index contributed by atoms with van der Waals surface area (Å²) in [6, 6.07) is 0. The standard InChI is InChI=1S/C23H44O4/c1-4-7-17-21(5-2)20-27-23(25)19-16-14-12-10-8-9-11-13-15-18-22(24)26-6-3/h21H,4-20H2,1-3H3. The van der Waals surface area contributed by atoms with Crippen molar-refractivity contribution in [2.24, 2.45) is 5.92 Å². The lowest BCUT2D eigenvalue weighted by Crippen LogP contribution is -2.13. The molecule has 0 bridgehead atoms. The lowest BCUT2D eigenvalue weighted by Gasteiger charge is -2.14. The van der Waals surface area contributed by atoms with Gasteiger partial charge in [-0.05, 0) is 32.1 Å². The third kappa shape index (κ3) is 18.1. The van der Waals surface area contributed by atoms with Crippen molar-refractivity contribution < 1.29 is 19.1 Å². The van der Waals surface area contributed by atoms with E-state index >= 15 is 0 Å². The summed E-state index contributed by atoms with van der Waals surface area (Å²) in [7, 11) is 0. The number of hydrogen-bond acceptors (Lipinski definition) is 4. The molecule has 0 aromatic heterocycles. The van der Waals surface area contributed by atoms with Gasteiger partial charge in [0.15, 0.2) is 0 Å². The van der Waals surface area contributed by atoms with Crippen molar-refractivity contribution in [2.45, 2.75) is 117 Å². The first kappa shape index (κ1) is 25.9. The third-order valence-electron chi connectivity index (χ3n) is 5.09. The second-order valence-electron chi connectivity index (χ2n) is 7.59. The van der Waals surface area contributed by atoms with Crippen LogP contribution >= 0.6 is 0 Å². The van der Waals surface area contributed by atoms with E-state index in [2.05, 4.69) is 13.8 Å². The summed E-state index contributed by atoms with van der Waals surface area (Å²) in [5, 5.41) is 0. The highest BCUT2D eigenvalue weighted by Crippen LogP contribution is 2.14. The summed E-state index contributed by atoms with van der Waals surface area (Å²) < 4.78 is 10.4. The van der Waals surface area contributed by atoms with E-state index in [1.807, 2.05) is 6.92 Å². The van der Waals surface area contributed by atoms with E-state index in [4.69, 9.17) is 9.47 Å². The molecule has 4 nitrogen and oxygen atoms in total. The first-order valence-electron chi connectivity index (χ1n) is 11.4. The number of carbonyl (C=O) groups excluding carboxylic acids is 2. The number of ether oxygens (including phenoxy) is 2. The Balaban J connectivity index is 3.36. The van der Waals surface area contributed by atoms with Gasteiger partial charge in [-0.15, -0.1) is 0 Å². The minimum atomic E-state index is -0.0674. The maximum absolute atomic E-state index is 11.8. The van der Waals surface area contributed by atoms with Gasteiger partial charge < -0.3 is 9.47 Å². The van der Waals surface area contributed by atoms with Crippen LogP contribution in [0.3, 0.4) is 0 Å². The van der Waals surface area contributed by atoms with Crippen LogP contribution in [-0.4, -0.2) is 25.2 Å². The molecule has 0 aliphatic heterocycles. The molecule has 0 aromatic carbocycles. The lowest BCUT2D eigenvalue weighted by atomic mass is 10.0. The van der Waals surface area contributed by atoms with E-state index in [1.54, 1.807) is 0 Å². The van der Waals surface area contributed by atoms with E-state index in [9.17, 15) is 9.59 Å². The fraction of sp³-hybridized carbons (Fsp3) is 0.913. The van der Waals surface area contributed by atoms with Crippen molar-refractivity contribution >= 4 is 11.9 Å². The molecule has 0 aromatic rings. The minimum absolute atomic E-state index is 0.0217.